The number of hydrogen-bond acceptors (Lipinski definition) is 5. The normalized spacial score (nSPS) is 12.5. The van der Waals surface area contributed by atoms with Crippen LogP contribution in [0.4, 0.5) is 17.6 Å². The Balaban J connectivity index is 1.78. The molecule has 32 heavy (non-hydrogen) atoms. The fourth-order valence-electron chi connectivity index (χ4n) is 3.08. The van der Waals surface area contributed by atoms with Gasteiger partial charge in [-0.1, -0.05) is 0 Å². The summed E-state index contributed by atoms with van der Waals surface area (Å²) in [6.07, 6.45) is -0.925. The molecule has 2 aromatic heterocycles. The van der Waals surface area contributed by atoms with Gasteiger partial charge in [0.05, 0.1) is 35.2 Å². The summed E-state index contributed by atoms with van der Waals surface area (Å²) in [5.41, 5.74) is -0.147. The summed E-state index contributed by atoms with van der Waals surface area (Å²) in [4.78, 5) is 19.6. The molecule has 1 atom stereocenters. The Morgan fingerprint density at radius 1 is 1.22 bits per heavy atom. The molecule has 0 aliphatic rings. The van der Waals surface area contributed by atoms with Crippen LogP contribution in [0.15, 0.2) is 42.9 Å². The fraction of sp³-hybridized carbons (Fsp3) is 0.333. The van der Waals surface area contributed by atoms with E-state index in [4.69, 9.17) is 4.74 Å². The van der Waals surface area contributed by atoms with E-state index in [9.17, 15) is 22.4 Å². The maximum atomic E-state index is 14.3. The van der Waals surface area contributed by atoms with Gasteiger partial charge in [-0.3, -0.25) is 4.79 Å². The quantitative estimate of drug-likeness (QED) is 0.507. The summed E-state index contributed by atoms with van der Waals surface area (Å²) in [5, 5.41) is 8.06. The standard InChI is InChI=1S/C21H21F4N5O2/c1-4-29(14(3)12-32-19-6-5-15(11-26-19)21(23,24)25)20(31)16-10-17(22)13(2)9-18(16)30-27-7-8-28-30/h5-11,14H,4,12H2,1-3H3/t14-/m0/s1. The van der Waals surface area contributed by atoms with Crippen molar-refractivity contribution in [2.75, 3.05) is 13.2 Å². The molecular weight excluding hydrogens is 430 g/mol. The topological polar surface area (TPSA) is 73.1 Å². The minimum atomic E-state index is -4.49. The molecule has 2 heterocycles. The van der Waals surface area contributed by atoms with Crippen LogP contribution >= 0.6 is 0 Å². The second kappa shape index (κ2) is 9.33. The van der Waals surface area contributed by atoms with Gasteiger partial charge in [-0.15, -0.1) is 0 Å². The number of nitrogens with zero attached hydrogens (tertiary/aromatic N) is 5. The van der Waals surface area contributed by atoms with Crippen molar-refractivity contribution >= 4 is 5.91 Å². The molecule has 0 unspecified atom stereocenters. The number of hydrogen-bond donors (Lipinski definition) is 0. The molecule has 3 aromatic rings. The Morgan fingerprint density at radius 2 is 1.91 bits per heavy atom. The van der Waals surface area contributed by atoms with Gasteiger partial charge in [-0.25, -0.2) is 9.37 Å². The summed E-state index contributed by atoms with van der Waals surface area (Å²) in [6, 6.07) is 4.13. The number of benzene rings is 1. The van der Waals surface area contributed by atoms with Crippen LogP contribution in [0.2, 0.25) is 0 Å². The Kier molecular flexibility index (Phi) is 6.75. The summed E-state index contributed by atoms with van der Waals surface area (Å²) in [6.45, 7) is 5.29. The number of halogens is 4. The third kappa shape index (κ3) is 5.04. The van der Waals surface area contributed by atoms with Crippen molar-refractivity contribution < 1.29 is 27.1 Å². The monoisotopic (exact) mass is 451 g/mol. The number of alkyl halides is 3. The smallest absolute Gasteiger partial charge is 0.417 e. The van der Waals surface area contributed by atoms with Gasteiger partial charge in [0.2, 0.25) is 5.88 Å². The first-order valence-corrected chi connectivity index (χ1v) is 9.75. The Labute approximate surface area is 181 Å². The lowest BCUT2D eigenvalue weighted by Crippen LogP contribution is -2.42. The van der Waals surface area contributed by atoms with E-state index in [-0.39, 0.29) is 24.6 Å². The molecule has 1 amide bonds. The minimum absolute atomic E-state index is 0.00355. The van der Waals surface area contributed by atoms with Crippen molar-refractivity contribution in [2.45, 2.75) is 33.0 Å². The lowest BCUT2D eigenvalue weighted by molar-refractivity contribution is -0.137. The van der Waals surface area contributed by atoms with E-state index < -0.39 is 29.5 Å². The van der Waals surface area contributed by atoms with Crippen molar-refractivity contribution in [3.8, 4) is 11.6 Å². The minimum Gasteiger partial charge on any atom is -0.475 e. The first kappa shape index (κ1) is 23.2. The average Bonchev–Trinajstić information content (AvgIpc) is 3.28. The second-order valence-electron chi connectivity index (χ2n) is 7.07. The molecule has 0 spiro atoms. The first-order valence-electron chi connectivity index (χ1n) is 9.75. The van der Waals surface area contributed by atoms with E-state index in [1.165, 1.54) is 28.2 Å². The molecule has 0 saturated heterocycles. The van der Waals surface area contributed by atoms with E-state index in [0.717, 1.165) is 18.2 Å². The highest BCUT2D eigenvalue weighted by atomic mass is 19.4. The molecule has 0 N–H and O–H groups in total. The summed E-state index contributed by atoms with van der Waals surface area (Å²) in [5.74, 6) is -1.01. The van der Waals surface area contributed by atoms with Gasteiger partial charge in [-0.2, -0.15) is 28.2 Å². The zero-order valence-electron chi connectivity index (χ0n) is 17.6. The van der Waals surface area contributed by atoms with Crippen molar-refractivity contribution in [1.29, 1.82) is 0 Å². The van der Waals surface area contributed by atoms with E-state index >= 15 is 0 Å². The molecule has 0 fully saturated rings. The van der Waals surface area contributed by atoms with Crippen LogP contribution < -0.4 is 4.74 Å². The number of carbonyl (C=O) groups excluding carboxylic acids is 1. The zero-order chi connectivity index (χ0) is 23.5. The lowest BCUT2D eigenvalue weighted by Gasteiger charge is -2.28. The molecule has 0 aliphatic heterocycles. The van der Waals surface area contributed by atoms with E-state index in [1.54, 1.807) is 20.8 Å². The van der Waals surface area contributed by atoms with Crippen LogP contribution in [0.5, 0.6) is 5.88 Å². The van der Waals surface area contributed by atoms with Crippen LogP contribution in [0.3, 0.4) is 0 Å². The third-order valence-electron chi connectivity index (χ3n) is 4.81. The number of aryl methyl sites for hydroxylation is 1. The molecule has 0 saturated carbocycles. The predicted octanol–water partition coefficient (Wildman–Crippen LogP) is 4.06. The van der Waals surface area contributed by atoms with Crippen LogP contribution in [0.25, 0.3) is 5.69 Å². The highest BCUT2D eigenvalue weighted by Crippen LogP contribution is 2.29. The molecule has 11 heteroatoms. The van der Waals surface area contributed by atoms with Crippen molar-refractivity contribution in [1.82, 2.24) is 24.9 Å². The van der Waals surface area contributed by atoms with Gasteiger partial charge >= 0.3 is 6.18 Å². The number of likely N-dealkylation sites (N-methyl/N-ethyl adjacent to an activating group) is 1. The Bertz CT molecular complexity index is 1070. The number of aromatic nitrogens is 4. The predicted molar refractivity (Wildman–Crippen MR) is 107 cm³/mol. The van der Waals surface area contributed by atoms with E-state index in [0.29, 0.717) is 17.4 Å². The van der Waals surface area contributed by atoms with Gasteiger partial charge in [0.25, 0.3) is 5.91 Å². The van der Waals surface area contributed by atoms with Crippen molar-refractivity contribution in [3.05, 3.63) is 65.4 Å². The highest BCUT2D eigenvalue weighted by molar-refractivity contribution is 5.98. The maximum Gasteiger partial charge on any atom is 0.417 e. The number of carbonyl (C=O) groups is 1. The largest absolute Gasteiger partial charge is 0.475 e. The maximum absolute atomic E-state index is 14.3. The molecule has 7 nitrogen and oxygen atoms in total. The van der Waals surface area contributed by atoms with Crippen LogP contribution in [-0.2, 0) is 6.18 Å². The van der Waals surface area contributed by atoms with Crippen molar-refractivity contribution in [3.63, 3.8) is 0 Å². The zero-order valence-corrected chi connectivity index (χ0v) is 17.6. The van der Waals surface area contributed by atoms with Crippen LogP contribution in [0.1, 0.15) is 35.3 Å². The number of amides is 1. The van der Waals surface area contributed by atoms with Gasteiger partial charge in [0, 0.05) is 18.8 Å². The molecule has 170 valence electrons. The third-order valence-corrected chi connectivity index (χ3v) is 4.81. The summed E-state index contributed by atoms with van der Waals surface area (Å²) in [7, 11) is 0. The van der Waals surface area contributed by atoms with Gasteiger partial charge in [0.15, 0.2) is 0 Å². The van der Waals surface area contributed by atoms with E-state index in [2.05, 4.69) is 15.2 Å². The molecule has 0 bridgehead atoms. The molecule has 0 aliphatic carbocycles. The second-order valence-corrected chi connectivity index (χ2v) is 7.07. The number of ether oxygens (including phenoxy) is 1. The Hall–Kier alpha value is -3.50. The molecular formula is C21H21F4N5O2. The fourth-order valence-corrected chi connectivity index (χ4v) is 3.08. The Morgan fingerprint density at radius 3 is 2.47 bits per heavy atom. The SMILES string of the molecule is CCN(C(=O)c1cc(F)c(C)cc1-n1nccn1)[C@@H](C)COc1ccc(C(F)(F)F)cn1. The van der Waals surface area contributed by atoms with Gasteiger partial charge in [0.1, 0.15) is 12.4 Å². The van der Waals surface area contributed by atoms with Crippen molar-refractivity contribution in [2.24, 2.45) is 0 Å². The summed E-state index contributed by atoms with van der Waals surface area (Å²) >= 11 is 0. The van der Waals surface area contributed by atoms with Crippen LogP contribution in [-0.4, -0.2) is 50.0 Å². The average molecular weight is 451 g/mol. The van der Waals surface area contributed by atoms with Crippen LogP contribution in [0, 0.1) is 12.7 Å². The molecule has 0 radical (unpaired) electrons. The molecule has 1 aromatic carbocycles. The first-order chi connectivity index (χ1) is 15.1. The molecule has 3 rings (SSSR count). The number of rotatable bonds is 7. The number of pyridine rings is 1. The highest BCUT2D eigenvalue weighted by Gasteiger charge is 2.31. The van der Waals surface area contributed by atoms with E-state index in [1.807, 2.05) is 0 Å². The lowest BCUT2D eigenvalue weighted by atomic mass is 10.1. The summed E-state index contributed by atoms with van der Waals surface area (Å²) < 4.78 is 57.7. The van der Waals surface area contributed by atoms with Gasteiger partial charge in [-0.05, 0) is 44.5 Å². The van der Waals surface area contributed by atoms with Gasteiger partial charge < -0.3 is 9.64 Å².